The molecule has 1 aliphatic rings. The molecule has 2 aromatic carbocycles. The molecule has 30 heavy (non-hydrogen) atoms. The lowest BCUT2D eigenvalue weighted by atomic mass is 10.1. The lowest BCUT2D eigenvalue weighted by molar-refractivity contribution is -0.128. The highest BCUT2D eigenvalue weighted by Gasteiger charge is 2.19. The van der Waals surface area contributed by atoms with Crippen molar-refractivity contribution in [3.8, 4) is 5.75 Å². The largest absolute Gasteiger partial charge is 0.497 e. The summed E-state index contributed by atoms with van der Waals surface area (Å²) < 4.78 is 5.19. The average molecular weight is 522 g/mol. The molecular weight excluding hydrogens is 491 g/mol. The molecule has 7 heteroatoms. The normalized spacial score (nSPS) is 13.7. The van der Waals surface area contributed by atoms with Gasteiger partial charge in [0.25, 0.3) is 0 Å². The van der Waals surface area contributed by atoms with Crippen molar-refractivity contribution in [3.63, 3.8) is 0 Å². The van der Waals surface area contributed by atoms with E-state index in [2.05, 4.69) is 46.0 Å². The smallest absolute Gasteiger partial charge is 0.222 e. The van der Waals surface area contributed by atoms with E-state index in [1.165, 1.54) is 16.7 Å². The summed E-state index contributed by atoms with van der Waals surface area (Å²) in [6, 6.07) is 16.5. The molecule has 2 aromatic rings. The number of methoxy groups -OCH3 is 1. The van der Waals surface area contributed by atoms with Crippen molar-refractivity contribution in [2.24, 2.45) is 4.99 Å². The molecule has 0 aliphatic carbocycles. The molecule has 1 saturated heterocycles. The predicted molar refractivity (Wildman–Crippen MR) is 131 cm³/mol. The van der Waals surface area contributed by atoms with Gasteiger partial charge in [0.2, 0.25) is 5.91 Å². The van der Waals surface area contributed by atoms with Gasteiger partial charge in [-0.2, -0.15) is 0 Å². The van der Waals surface area contributed by atoms with Crippen LogP contribution in [0.15, 0.2) is 53.5 Å². The van der Waals surface area contributed by atoms with Crippen molar-refractivity contribution in [2.75, 3.05) is 27.2 Å². The second-order valence-corrected chi connectivity index (χ2v) is 7.19. The summed E-state index contributed by atoms with van der Waals surface area (Å²) in [6.07, 6.45) is 2.56. The van der Waals surface area contributed by atoms with E-state index in [4.69, 9.17) is 4.74 Å². The van der Waals surface area contributed by atoms with Gasteiger partial charge < -0.3 is 20.3 Å². The van der Waals surface area contributed by atoms with Gasteiger partial charge in [-0.25, -0.2) is 0 Å². The summed E-state index contributed by atoms with van der Waals surface area (Å²) >= 11 is 0. The Bertz CT molecular complexity index is 839. The molecule has 2 N–H and O–H groups in total. The molecule has 1 fully saturated rings. The van der Waals surface area contributed by atoms with Crippen LogP contribution < -0.4 is 15.4 Å². The summed E-state index contributed by atoms with van der Waals surface area (Å²) in [5.74, 6) is 1.91. The highest BCUT2D eigenvalue weighted by atomic mass is 127. The van der Waals surface area contributed by atoms with Crippen LogP contribution in [0.3, 0.4) is 0 Å². The Morgan fingerprint density at radius 3 is 2.53 bits per heavy atom. The van der Waals surface area contributed by atoms with Crippen LogP contribution in [0.5, 0.6) is 5.75 Å². The fourth-order valence-corrected chi connectivity index (χ4v) is 3.45. The van der Waals surface area contributed by atoms with E-state index in [0.717, 1.165) is 37.6 Å². The van der Waals surface area contributed by atoms with Gasteiger partial charge in [-0.05, 0) is 41.7 Å². The first kappa shape index (κ1) is 24.0. The van der Waals surface area contributed by atoms with Crippen LogP contribution >= 0.6 is 24.0 Å². The van der Waals surface area contributed by atoms with Gasteiger partial charge in [0.05, 0.1) is 7.11 Å². The highest BCUT2D eigenvalue weighted by molar-refractivity contribution is 14.0. The Morgan fingerprint density at radius 2 is 1.87 bits per heavy atom. The third-order valence-corrected chi connectivity index (χ3v) is 5.08. The van der Waals surface area contributed by atoms with Crippen LogP contribution in [-0.4, -0.2) is 44.0 Å². The minimum Gasteiger partial charge on any atom is -0.497 e. The Kier molecular flexibility index (Phi) is 9.93. The van der Waals surface area contributed by atoms with Gasteiger partial charge in [-0.1, -0.05) is 36.4 Å². The average Bonchev–Trinajstić information content (AvgIpc) is 3.15. The van der Waals surface area contributed by atoms with E-state index in [0.29, 0.717) is 19.5 Å². The molecule has 0 saturated carbocycles. The van der Waals surface area contributed by atoms with Gasteiger partial charge in [0.1, 0.15) is 5.75 Å². The SMILES string of the molecule is CN=C(NCCc1ccc(OC)cc1)NCc1cccc(CN2CCCC2=O)c1.I. The Morgan fingerprint density at radius 1 is 1.10 bits per heavy atom. The molecular formula is C23H31IN4O2. The zero-order valence-electron chi connectivity index (χ0n) is 17.7. The van der Waals surface area contributed by atoms with Crippen LogP contribution in [0, 0.1) is 0 Å². The second-order valence-electron chi connectivity index (χ2n) is 7.19. The molecule has 0 atom stereocenters. The molecule has 0 radical (unpaired) electrons. The molecule has 1 heterocycles. The number of benzene rings is 2. The zero-order valence-corrected chi connectivity index (χ0v) is 20.0. The van der Waals surface area contributed by atoms with Crippen LogP contribution in [-0.2, 0) is 24.3 Å². The number of nitrogens with one attached hydrogen (secondary N) is 2. The molecule has 0 bridgehead atoms. The lowest BCUT2D eigenvalue weighted by Crippen LogP contribution is -2.37. The molecule has 1 amide bonds. The number of ether oxygens (including phenoxy) is 1. The number of hydrogen-bond donors (Lipinski definition) is 2. The number of aliphatic imine (C=N–C) groups is 1. The first-order chi connectivity index (χ1) is 14.2. The van der Waals surface area contributed by atoms with E-state index in [-0.39, 0.29) is 29.9 Å². The summed E-state index contributed by atoms with van der Waals surface area (Å²) in [7, 11) is 3.45. The number of likely N-dealkylation sites (tertiary alicyclic amines) is 1. The van der Waals surface area contributed by atoms with Crippen molar-refractivity contribution in [1.29, 1.82) is 0 Å². The molecule has 6 nitrogen and oxygen atoms in total. The monoisotopic (exact) mass is 522 g/mol. The number of halogens is 1. The van der Waals surface area contributed by atoms with Crippen LogP contribution in [0.2, 0.25) is 0 Å². The third-order valence-electron chi connectivity index (χ3n) is 5.08. The molecule has 0 aromatic heterocycles. The van der Waals surface area contributed by atoms with Gasteiger partial charge in [0, 0.05) is 39.6 Å². The Hall–Kier alpha value is -2.29. The Labute approximate surface area is 196 Å². The number of amides is 1. The zero-order chi connectivity index (χ0) is 20.5. The number of guanidine groups is 1. The van der Waals surface area contributed by atoms with E-state index in [9.17, 15) is 4.79 Å². The number of carbonyl (C=O) groups excluding carboxylic acids is 1. The van der Waals surface area contributed by atoms with Gasteiger partial charge in [0.15, 0.2) is 5.96 Å². The maximum atomic E-state index is 11.8. The van der Waals surface area contributed by atoms with Crippen LogP contribution in [0.4, 0.5) is 0 Å². The van der Waals surface area contributed by atoms with Crippen molar-refractivity contribution in [1.82, 2.24) is 15.5 Å². The standard InChI is InChI=1S/C23H30N4O2.HI/c1-24-23(25-13-12-18-8-10-21(29-2)11-9-18)26-16-19-5-3-6-20(15-19)17-27-14-4-7-22(27)28;/h3,5-6,8-11,15H,4,7,12-14,16-17H2,1-2H3,(H2,24,25,26);1H. The van der Waals surface area contributed by atoms with Crippen LogP contribution in [0.25, 0.3) is 0 Å². The Balaban J connectivity index is 0.00000320. The van der Waals surface area contributed by atoms with E-state index in [1.807, 2.05) is 23.1 Å². The molecule has 0 spiro atoms. The summed E-state index contributed by atoms with van der Waals surface area (Å²) in [4.78, 5) is 18.1. The summed E-state index contributed by atoms with van der Waals surface area (Å²) in [5, 5.41) is 6.71. The fraction of sp³-hybridized carbons (Fsp3) is 0.391. The number of nitrogens with zero attached hydrogens (tertiary/aromatic N) is 2. The predicted octanol–water partition coefficient (Wildman–Crippen LogP) is 3.34. The first-order valence-corrected chi connectivity index (χ1v) is 10.1. The van der Waals surface area contributed by atoms with E-state index in [1.54, 1.807) is 14.2 Å². The topological polar surface area (TPSA) is 66.0 Å². The lowest BCUT2D eigenvalue weighted by Gasteiger charge is -2.16. The molecule has 0 unspecified atom stereocenters. The third kappa shape index (κ3) is 7.19. The fourth-order valence-electron chi connectivity index (χ4n) is 3.45. The van der Waals surface area contributed by atoms with Gasteiger partial charge >= 0.3 is 0 Å². The maximum absolute atomic E-state index is 11.8. The first-order valence-electron chi connectivity index (χ1n) is 10.1. The second kappa shape index (κ2) is 12.4. The van der Waals surface area contributed by atoms with Crippen molar-refractivity contribution >= 4 is 35.8 Å². The minimum atomic E-state index is 0. The number of rotatable bonds is 8. The molecule has 3 rings (SSSR count). The van der Waals surface area contributed by atoms with Crippen molar-refractivity contribution in [3.05, 3.63) is 65.2 Å². The van der Waals surface area contributed by atoms with Gasteiger partial charge in [-0.3, -0.25) is 9.79 Å². The van der Waals surface area contributed by atoms with Crippen molar-refractivity contribution in [2.45, 2.75) is 32.4 Å². The quantitative estimate of drug-likeness (QED) is 0.317. The van der Waals surface area contributed by atoms with Crippen molar-refractivity contribution < 1.29 is 9.53 Å². The maximum Gasteiger partial charge on any atom is 0.222 e. The summed E-state index contributed by atoms with van der Waals surface area (Å²) in [6.45, 7) is 3.04. The summed E-state index contributed by atoms with van der Waals surface area (Å²) in [5.41, 5.74) is 3.59. The molecule has 162 valence electrons. The van der Waals surface area contributed by atoms with E-state index < -0.39 is 0 Å². The van der Waals surface area contributed by atoms with Crippen LogP contribution in [0.1, 0.15) is 29.5 Å². The highest BCUT2D eigenvalue weighted by Crippen LogP contribution is 2.15. The number of carbonyl (C=O) groups is 1. The molecule has 1 aliphatic heterocycles. The van der Waals surface area contributed by atoms with Gasteiger partial charge in [-0.15, -0.1) is 24.0 Å². The van der Waals surface area contributed by atoms with E-state index >= 15 is 0 Å². The minimum absolute atomic E-state index is 0. The number of hydrogen-bond acceptors (Lipinski definition) is 3.